The largest absolute Gasteiger partial charge is 0.453 e. The Kier molecular flexibility index (Phi) is 6.56. The summed E-state index contributed by atoms with van der Waals surface area (Å²) in [5.41, 5.74) is 0.410. The van der Waals surface area contributed by atoms with Crippen molar-refractivity contribution in [1.82, 2.24) is 20.2 Å². The summed E-state index contributed by atoms with van der Waals surface area (Å²) in [5, 5.41) is 2.59. The van der Waals surface area contributed by atoms with Gasteiger partial charge in [0.05, 0.1) is 30.6 Å². The molecule has 0 aliphatic carbocycles. The standard InChI is InChI=1S/C21H25F3N4O3/c1-12(2)17(27-20(30)31-3)19(29)28-10-4-5-16(28)18-25-11-15(26-18)13-6-8-14(9-7-13)21(22,23)24/h6-9,11-12,16-17H,4-5,10H2,1-3H3,(H,25,26)(H,27,30)/t16-,17+/m1/s1. The number of carbonyl (C=O) groups is 2. The lowest BCUT2D eigenvalue weighted by Gasteiger charge is -2.30. The minimum atomic E-state index is -4.40. The molecule has 2 atom stereocenters. The second-order valence-corrected chi connectivity index (χ2v) is 7.80. The van der Waals surface area contributed by atoms with E-state index in [-0.39, 0.29) is 17.9 Å². The molecule has 1 aliphatic heterocycles. The van der Waals surface area contributed by atoms with Gasteiger partial charge < -0.3 is 19.9 Å². The van der Waals surface area contributed by atoms with Crippen LogP contribution in [-0.4, -0.2) is 46.6 Å². The second kappa shape index (κ2) is 8.99. The van der Waals surface area contributed by atoms with Gasteiger partial charge in [-0.15, -0.1) is 0 Å². The Morgan fingerprint density at radius 2 is 1.94 bits per heavy atom. The Morgan fingerprint density at radius 3 is 2.52 bits per heavy atom. The first-order chi connectivity index (χ1) is 14.6. The molecule has 1 aromatic carbocycles. The number of benzene rings is 1. The van der Waals surface area contributed by atoms with Gasteiger partial charge in [-0.3, -0.25) is 4.79 Å². The number of methoxy groups -OCH3 is 1. The van der Waals surface area contributed by atoms with E-state index in [0.717, 1.165) is 18.6 Å². The maximum absolute atomic E-state index is 13.1. The predicted molar refractivity (Wildman–Crippen MR) is 107 cm³/mol. The molecule has 3 rings (SSSR count). The number of hydrogen-bond acceptors (Lipinski definition) is 4. The van der Waals surface area contributed by atoms with Gasteiger partial charge in [0.25, 0.3) is 0 Å². The zero-order valence-electron chi connectivity index (χ0n) is 17.5. The normalized spacial score (nSPS) is 17.6. The van der Waals surface area contributed by atoms with Crippen molar-refractivity contribution < 1.29 is 27.5 Å². The van der Waals surface area contributed by atoms with Gasteiger partial charge in [-0.1, -0.05) is 26.0 Å². The summed E-state index contributed by atoms with van der Waals surface area (Å²) in [7, 11) is 1.24. The van der Waals surface area contributed by atoms with E-state index in [9.17, 15) is 22.8 Å². The Morgan fingerprint density at radius 1 is 1.26 bits per heavy atom. The van der Waals surface area contributed by atoms with Crippen molar-refractivity contribution in [3.63, 3.8) is 0 Å². The summed E-state index contributed by atoms with van der Waals surface area (Å²) >= 11 is 0. The lowest BCUT2D eigenvalue weighted by molar-refractivity contribution is -0.137. The van der Waals surface area contributed by atoms with Crippen LogP contribution in [0.15, 0.2) is 30.5 Å². The van der Waals surface area contributed by atoms with Gasteiger partial charge in [0, 0.05) is 6.54 Å². The quantitative estimate of drug-likeness (QED) is 0.735. The van der Waals surface area contributed by atoms with Crippen molar-refractivity contribution in [2.24, 2.45) is 5.92 Å². The SMILES string of the molecule is COC(=O)N[C@H](C(=O)N1CCC[C@@H]1c1ncc(-c2ccc(C(F)(F)F)cc2)[nH]1)C(C)C. The van der Waals surface area contributed by atoms with Crippen molar-refractivity contribution in [2.45, 2.75) is 44.9 Å². The lowest BCUT2D eigenvalue weighted by atomic mass is 10.0. The molecule has 10 heteroatoms. The zero-order valence-corrected chi connectivity index (χ0v) is 17.5. The summed E-state index contributed by atoms with van der Waals surface area (Å²) in [6, 6.07) is 3.76. The molecule has 1 aromatic heterocycles. The number of amides is 2. The van der Waals surface area contributed by atoms with E-state index in [1.54, 1.807) is 11.1 Å². The number of alkyl halides is 3. The molecule has 31 heavy (non-hydrogen) atoms. The number of carbonyl (C=O) groups excluding carboxylic acids is 2. The molecule has 168 valence electrons. The molecule has 2 N–H and O–H groups in total. The van der Waals surface area contributed by atoms with Crippen LogP contribution in [0, 0.1) is 5.92 Å². The third kappa shape index (κ3) is 5.00. The molecule has 2 aromatic rings. The van der Waals surface area contributed by atoms with E-state index < -0.39 is 23.9 Å². The van der Waals surface area contributed by atoms with Gasteiger partial charge in [0.2, 0.25) is 5.91 Å². The summed E-state index contributed by atoms with van der Waals surface area (Å²) in [6.45, 7) is 4.18. The number of rotatable bonds is 5. The van der Waals surface area contributed by atoms with Crippen LogP contribution in [0.2, 0.25) is 0 Å². The Hall–Kier alpha value is -3.04. The number of H-pyrrole nitrogens is 1. The predicted octanol–water partition coefficient (Wildman–Crippen LogP) is 4.14. The van der Waals surface area contributed by atoms with Crippen LogP contribution in [0.5, 0.6) is 0 Å². The number of halogens is 3. The first-order valence-corrected chi connectivity index (χ1v) is 9.99. The number of imidazole rings is 1. The molecular formula is C21H25F3N4O3. The van der Waals surface area contributed by atoms with Gasteiger partial charge in [-0.05, 0) is 36.5 Å². The molecule has 1 saturated heterocycles. The topological polar surface area (TPSA) is 87.3 Å². The fraction of sp³-hybridized carbons (Fsp3) is 0.476. The lowest BCUT2D eigenvalue weighted by Crippen LogP contribution is -2.51. The Bertz CT molecular complexity index is 925. The Balaban J connectivity index is 1.79. The van der Waals surface area contributed by atoms with Crippen LogP contribution < -0.4 is 5.32 Å². The number of nitrogens with zero attached hydrogens (tertiary/aromatic N) is 2. The Labute approximate surface area is 178 Å². The van der Waals surface area contributed by atoms with Crippen LogP contribution >= 0.6 is 0 Å². The van der Waals surface area contributed by atoms with Crippen molar-refractivity contribution in [3.8, 4) is 11.3 Å². The minimum Gasteiger partial charge on any atom is -0.453 e. The maximum Gasteiger partial charge on any atom is 0.416 e. The van der Waals surface area contributed by atoms with Gasteiger partial charge >= 0.3 is 12.3 Å². The summed E-state index contributed by atoms with van der Waals surface area (Å²) < 4.78 is 43.0. The van der Waals surface area contributed by atoms with Gasteiger partial charge in [-0.2, -0.15) is 13.2 Å². The van der Waals surface area contributed by atoms with E-state index in [0.29, 0.717) is 30.0 Å². The minimum absolute atomic E-state index is 0.146. The number of aromatic nitrogens is 2. The van der Waals surface area contributed by atoms with Crippen LogP contribution in [0.1, 0.15) is 44.1 Å². The monoisotopic (exact) mass is 438 g/mol. The average molecular weight is 438 g/mol. The van der Waals surface area contributed by atoms with E-state index in [1.165, 1.54) is 19.2 Å². The molecule has 2 heterocycles. The molecule has 0 bridgehead atoms. The van der Waals surface area contributed by atoms with Crippen LogP contribution in [0.25, 0.3) is 11.3 Å². The maximum atomic E-state index is 13.1. The third-order valence-corrected chi connectivity index (χ3v) is 5.36. The summed E-state index contributed by atoms with van der Waals surface area (Å²) in [5.74, 6) is 0.184. The summed E-state index contributed by atoms with van der Waals surface area (Å²) in [6.07, 6.45) is -2.06. The number of ether oxygens (including phenoxy) is 1. The van der Waals surface area contributed by atoms with Crippen LogP contribution in [0.4, 0.5) is 18.0 Å². The number of hydrogen-bond donors (Lipinski definition) is 2. The van der Waals surface area contributed by atoms with Gasteiger partial charge in [0.1, 0.15) is 11.9 Å². The van der Waals surface area contributed by atoms with E-state index in [4.69, 9.17) is 0 Å². The second-order valence-electron chi connectivity index (χ2n) is 7.80. The number of nitrogens with one attached hydrogen (secondary N) is 2. The molecule has 0 spiro atoms. The van der Waals surface area contributed by atoms with E-state index in [2.05, 4.69) is 20.0 Å². The molecule has 2 amide bonds. The van der Waals surface area contributed by atoms with Crippen LogP contribution in [-0.2, 0) is 15.7 Å². The van der Waals surface area contributed by atoms with Crippen molar-refractivity contribution in [3.05, 3.63) is 41.9 Å². The highest BCUT2D eigenvalue weighted by atomic mass is 19.4. The molecule has 1 aliphatic rings. The first-order valence-electron chi connectivity index (χ1n) is 9.99. The fourth-order valence-corrected chi connectivity index (χ4v) is 3.68. The zero-order chi connectivity index (χ0) is 22.8. The fourth-order valence-electron chi connectivity index (χ4n) is 3.68. The highest BCUT2D eigenvalue weighted by Gasteiger charge is 2.37. The highest BCUT2D eigenvalue weighted by molar-refractivity contribution is 5.86. The molecule has 0 saturated carbocycles. The average Bonchev–Trinajstić information content (AvgIpc) is 3.39. The van der Waals surface area contributed by atoms with Gasteiger partial charge in [-0.25, -0.2) is 9.78 Å². The van der Waals surface area contributed by atoms with E-state index >= 15 is 0 Å². The van der Waals surface area contributed by atoms with E-state index in [1.807, 2.05) is 13.8 Å². The molecule has 0 radical (unpaired) electrons. The van der Waals surface area contributed by atoms with Crippen LogP contribution in [0.3, 0.4) is 0 Å². The van der Waals surface area contributed by atoms with Crippen molar-refractivity contribution in [1.29, 1.82) is 0 Å². The molecule has 0 unspecified atom stereocenters. The van der Waals surface area contributed by atoms with Crippen molar-refractivity contribution in [2.75, 3.05) is 13.7 Å². The van der Waals surface area contributed by atoms with Gasteiger partial charge in [0.15, 0.2) is 0 Å². The molecular weight excluding hydrogens is 413 g/mol. The first kappa shape index (κ1) is 22.6. The third-order valence-electron chi connectivity index (χ3n) is 5.36. The number of alkyl carbamates (subject to hydrolysis) is 1. The number of likely N-dealkylation sites (tertiary alicyclic amines) is 1. The highest BCUT2D eigenvalue weighted by Crippen LogP contribution is 2.34. The molecule has 7 nitrogen and oxygen atoms in total. The van der Waals surface area contributed by atoms with Crippen molar-refractivity contribution >= 4 is 12.0 Å². The summed E-state index contributed by atoms with van der Waals surface area (Å²) in [4.78, 5) is 34.0. The number of aromatic amines is 1. The smallest absolute Gasteiger partial charge is 0.416 e. The molecule has 1 fully saturated rings.